The summed E-state index contributed by atoms with van der Waals surface area (Å²) >= 11 is 5.65. The van der Waals surface area contributed by atoms with Gasteiger partial charge in [-0.05, 0) is 57.1 Å². The van der Waals surface area contributed by atoms with Crippen molar-refractivity contribution in [1.29, 1.82) is 0 Å². The Morgan fingerprint density at radius 2 is 2.20 bits per heavy atom. The first kappa shape index (κ1) is 10.9. The molecular formula is C10H8BrIN2O. The maximum Gasteiger partial charge on any atom is 0.184 e. The third-order valence-corrected chi connectivity index (χ3v) is 4.29. The number of hydrogen-bond acceptors (Lipinski definition) is 3. The molecule has 0 aliphatic carbocycles. The Morgan fingerprint density at radius 3 is 2.80 bits per heavy atom. The van der Waals surface area contributed by atoms with E-state index in [2.05, 4.69) is 56.7 Å². The fourth-order valence-electron chi connectivity index (χ4n) is 1.28. The van der Waals surface area contributed by atoms with E-state index in [-0.39, 0.29) is 0 Å². The standard InChI is InChI=1S/C10H8BrIN2O/c1-5-3-2-4-6(8(5)12)9-7(11)10(13)14-15-9/h2-4H,1H3,(H2,13,14). The van der Waals surface area contributed by atoms with Crippen molar-refractivity contribution in [2.45, 2.75) is 6.92 Å². The topological polar surface area (TPSA) is 52.0 Å². The molecule has 5 heteroatoms. The van der Waals surface area contributed by atoms with Crippen LogP contribution in [0, 0.1) is 10.5 Å². The molecule has 78 valence electrons. The summed E-state index contributed by atoms with van der Waals surface area (Å²) in [5, 5.41) is 3.72. The molecule has 0 atom stereocenters. The Hall–Kier alpha value is -0.560. The smallest absolute Gasteiger partial charge is 0.184 e. The molecule has 15 heavy (non-hydrogen) atoms. The van der Waals surface area contributed by atoms with Gasteiger partial charge in [0.1, 0.15) is 4.47 Å². The van der Waals surface area contributed by atoms with Gasteiger partial charge in [0, 0.05) is 9.13 Å². The van der Waals surface area contributed by atoms with E-state index in [0.29, 0.717) is 16.1 Å². The third kappa shape index (κ3) is 1.90. The van der Waals surface area contributed by atoms with E-state index in [1.165, 1.54) is 5.56 Å². The van der Waals surface area contributed by atoms with Crippen LogP contribution in [-0.2, 0) is 0 Å². The van der Waals surface area contributed by atoms with E-state index in [1.54, 1.807) is 0 Å². The lowest BCUT2D eigenvalue weighted by Crippen LogP contribution is -1.86. The summed E-state index contributed by atoms with van der Waals surface area (Å²) in [4.78, 5) is 0. The third-order valence-electron chi connectivity index (χ3n) is 2.10. The lowest BCUT2D eigenvalue weighted by molar-refractivity contribution is 0.435. The summed E-state index contributed by atoms with van der Waals surface area (Å²) in [5.74, 6) is 1.06. The van der Waals surface area contributed by atoms with E-state index in [1.807, 2.05) is 12.1 Å². The fraction of sp³-hybridized carbons (Fsp3) is 0.100. The van der Waals surface area contributed by atoms with Gasteiger partial charge in [0.15, 0.2) is 11.6 Å². The Kier molecular flexibility index (Phi) is 3.01. The number of nitrogens with zero attached hydrogens (tertiary/aromatic N) is 1. The van der Waals surface area contributed by atoms with E-state index in [9.17, 15) is 0 Å². The summed E-state index contributed by atoms with van der Waals surface area (Å²) < 4.78 is 7.05. The van der Waals surface area contributed by atoms with Crippen LogP contribution in [0.4, 0.5) is 5.82 Å². The molecule has 1 aromatic carbocycles. The van der Waals surface area contributed by atoms with Gasteiger partial charge in [-0.1, -0.05) is 17.3 Å². The average molecular weight is 379 g/mol. The van der Waals surface area contributed by atoms with Crippen LogP contribution in [0.3, 0.4) is 0 Å². The van der Waals surface area contributed by atoms with Crippen LogP contribution >= 0.6 is 38.5 Å². The summed E-state index contributed by atoms with van der Waals surface area (Å²) in [6.45, 7) is 2.05. The minimum atomic E-state index is 0.377. The van der Waals surface area contributed by atoms with Crippen molar-refractivity contribution < 1.29 is 4.52 Å². The molecule has 0 radical (unpaired) electrons. The molecule has 2 N–H and O–H groups in total. The molecule has 0 saturated heterocycles. The van der Waals surface area contributed by atoms with Crippen LogP contribution in [0.1, 0.15) is 5.56 Å². The van der Waals surface area contributed by atoms with Gasteiger partial charge in [-0.15, -0.1) is 0 Å². The molecule has 0 amide bonds. The van der Waals surface area contributed by atoms with Crippen LogP contribution < -0.4 is 5.73 Å². The van der Waals surface area contributed by atoms with Crippen molar-refractivity contribution in [3.8, 4) is 11.3 Å². The highest BCUT2D eigenvalue weighted by Gasteiger charge is 2.16. The number of hydrogen-bond donors (Lipinski definition) is 1. The van der Waals surface area contributed by atoms with Gasteiger partial charge < -0.3 is 10.3 Å². The van der Waals surface area contributed by atoms with E-state index in [4.69, 9.17) is 10.3 Å². The van der Waals surface area contributed by atoms with Crippen molar-refractivity contribution in [3.05, 3.63) is 31.8 Å². The van der Waals surface area contributed by atoms with Crippen LogP contribution in [0.2, 0.25) is 0 Å². The Bertz CT molecular complexity index is 510. The zero-order valence-corrected chi connectivity index (χ0v) is 11.7. The quantitative estimate of drug-likeness (QED) is 0.771. The van der Waals surface area contributed by atoms with E-state index in [0.717, 1.165) is 9.13 Å². The molecule has 0 spiro atoms. The predicted octanol–water partition coefficient (Wildman–Crippen LogP) is 3.60. The number of benzene rings is 1. The van der Waals surface area contributed by atoms with Gasteiger partial charge >= 0.3 is 0 Å². The van der Waals surface area contributed by atoms with Gasteiger partial charge in [-0.3, -0.25) is 0 Å². The number of rotatable bonds is 1. The number of nitrogen functional groups attached to an aromatic ring is 1. The molecule has 0 fully saturated rings. The SMILES string of the molecule is Cc1cccc(-c2onc(N)c2Br)c1I. The monoisotopic (exact) mass is 378 g/mol. The lowest BCUT2D eigenvalue weighted by Gasteiger charge is -2.03. The molecular weight excluding hydrogens is 371 g/mol. The Labute approximate surface area is 109 Å². The summed E-state index contributed by atoms with van der Waals surface area (Å²) in [5.41, 5.74) is 7.82. The largest absolute Gasteiger partial charge is 0.380 e. The highest BCUT2D eigenvalue weighted by molar-refractivity contribution is 14.1. The average Bonchev–Trinajstić information content (AvgIpc) is 2.53. The maximum absolute atomic E-state index is 5.61. The van der Waals surface area contributed by atoms with Crippen LogP contribution in [-0.4, -0.2) is 5.16 Å². The van der Waals surface area contributed by atoms with Gasteiger partial charge in [0.05, 0.1) is 0 Å². The highest BCUT2D eigenvalue weighted by Crippen LogP contribution is 2.35. The van der Waals surface area contributed by atoms with Gasteiger partial charge in [0.25, 0.3) is 0 Å². The summed E-state index contributed by atoms with van der Waals surface area (Å²) in [6, 6.07) is 6.02. The lowest BCUT2D eigenvalue weighted by atomic mass is 10.1. The molecule has 0 bridgehead atoms. The van der Waals surface area contributed by atoms with Gasteiger partial charge in [-0.2, -0.15) is 0 Å². The fourth-order valence-corrected chi connectivity index (χ4v) is 2.24. The zero-order valence-electron chi connectivity index (χ0n) is 7.92. The van der Waals surface area contributed by atoms with Crippen LogP contribution in [0.15, 0.2) is 27.2 Å². The molecule has 2 aromatic rings. The molecule has 0 saturated carbocycles. The Balaban J connectivity index is 2.64. The van der Waals surface area contributed by atoms with Crippen LogP contribution in [0.25, 0.3) is 11.3 Å². The van der Waals surface area contributed by atoms with Gasteiger partial charge in [-0.25, -0.2) is 0 Å². The number of aryl methyl sites for hydroxylation is 1. The zero-order chi connectivity index (χ0) is 11.0. The molecule has 0 aliphatic rings. The van der Waals surface area contributed by atoms with Crippen molar-refractivity contribution in [2.24, 2.45) is 0 Å². The maximum atomic E-state index is 5.61. The second-order valence-electron chi connectivity index (χ2n) is 3.15. The predicted molar refractivity (Wildman–Crippen MR) is 71.5 cm³/mol. The Morgan fingerprint density at radius 1 is 1.47 bits per heavy atom. The van der Waals surface area contributed by atoms with Crippen molar-refractivity contribution >= 4 is 44.3 Å². The number of halogens is 2. The molecule has 1 aromatic heterocycles. The molecule has 3 nitrogen and oxygen atoms in total. The molecule has 0 aliphatic heterocycles. The van der Waals surface area contributed by atoms with E-state index < -0.39 is 0 Å². The van der Waals surface area contributed by atoms with Crippen molar-refractivity contribution in [2.75, 3.05) is 5.73 Å². The second kappa shape index (κ2) is 4.13. The number of nitrogens with two attached hydrogens (primary N) is 1. The first-order chi connectivity index (χ1) is 7.11. The highest BCUT2D eigenvalue weighted by atomic mass is 127. The number of aromatic nitrogens is 1. The van der Waals surface area contributed by atoms with Crippen molar-refractivity contribution in [3.63, 3.8) is 0 Å². The molecule has 0 unspecified atom stereocenters. The summed E-state index contributed by atoms with van der Waals surface area (Å²) in [7, 11) is 0. The summed E-state index contributed by atoms with van der Waals surface area (Å²) in [6.07, 6.45) is 0. The van der Waals surface area contributed by atoms with Crippen LogP contribution in [0.5, 0.6) is 0 Å². The molecule has 2 rings (SSSR count). The van der Waals surface area contributed by atoms with Gasteiger partial charge in [0.2, 0.25) is 0 Å². The van der Waals surface area contributed by atoms with Crippen molar-refractivity contribution in [1.82, 2.24) is 5.16 Å². The minimum absolute atomic E-state index is 0.377. The van der Waals surface area contributed by atoms with E-state index >= 15 is 0 Å². The number of anilines is 1. The second-order valence-corrected chi connectivity index (χ2v) is 5.02. The first-order valence-electron chi connectivity index (χ1n) is 4.27. The molecule has 1 heterocycles. The normalized spacial score (nSPS) is 10.6. The minimum Gasteiger partial charge on any atom is -0.380 e. The first-order valence-corrected chi connectivity index (χ1v) is 6.14.